The molecular weight excluding hydrogens is 330 g/mol. The van der Waals surface area contributed by atoms with Crippen LogP contribution in [0.1, 0.15) is 60.9 Å². The molecular formula is C21H25NO4. The van der Waals surface area contributed by atoms with E-state index in [0.717, 1.165) is 37.7 Å². The zero-order valence-electron chi connectivity index (χ0n) is 14.9. The molecule has 1 aliphatic carbocycles. The van der Waals surface area contributed by atoms with Gasteiger partial charge in [-0.25, -0.2) is 0 Å². The number of likely N-dealkylation sites (tertiary alicyclic amines) is 1. The van der Waals surface area contributed by atoms with E-state index >= 15 is 0 Å². The van der Waals surface area contributed by atoms with Gasteiger partial charge < -0.3 is 15.1 Å². The van der Waals surface area contributed by atoms with Crippen LogP contribution in [0.5, 0.6) is 0 Å². The van der Waals surface area contributed by atoms with Crippen LogP contribution in [0.25, 0.3) is 0 Å². The summed E-state index contributed by atoms with van der Waals surface area (Å²) >= 11 is 0. The fraction of sp³-hybridized carbons (Fsp3) is 0.524. The minimum Gasteiger partial charge on any atom is -0.481 e. The molecule has 2 N–H and O–H groups in total. The number of carbonyl (C=O) groups excluding carboxylic acids is 1. The molecule has 0 atom stereocenters. The van der Waals surface area contributed by atoms with Crippen molar-refractivity contribution in [3.63, 3.8) is 0 Å². The first kappa shape index (κ1) is 18.5. The van der Waals surface area contributed by atoms with Crippen molar-refractivity contribution in [1.82, 2.24) is 4.90 Å². The zero-order valence-corrected chi connectivity index (χ0v) is 14.9. The summed E-state index contributed by atoms with van der Waals surface area (Å²) in [5, 5.41) is 19.5. The minimum atomic E-state index is -0.874. The van der Waals surface area contributed by atoms with Crippen molar-refractivity contribution in [2.45, 2.75) is 50.5 Å². The summed E-state index contributed by atoms with van der Waals surface area (Å²) in [5.41, 5.74) is 0.493. The Kier molecular flexibility index (Phi) is 5.63. The number of carboxylic acids is 1. The number of nitrogens with zero attached hydrogens (tertiary/aromatic N) is 1. The Labute approximate surface area is 154 Å². The third-order valence-corrected chi connectivity index (χ3v) is 5.38. The molecule has 1 heterocycles. The van der Waals surface area contributed by atoms with E-state index < -0.39 is 11.6 Å². The van der Waals surface area contributed by atoms with Crippen molar-refractivity contribution in [3.05, 3.63) is 35.4 Å². The normalized spacial score (nSPS) is 20.1. The number of piperidine rings is 1. The van der Waals surface area contributed by atoms with Crippen LogP contribution in [0.15, 0.2) is 24.3 Å². The highest BCUT2D eigenvalue weighted by atomic mass is 16.4. The fourth-order valence-corrected chi connectivity index (χ4v) is 3.66. The lowest BCUT2D eigenvalue weighted by Crippen LogP contribution is -2.40. The molecule has 0 spiro atoms. The van der Waals surface area contributed by atoms with E-state index in [0.29, 0.717) is 31.5 Å². The van der Waals surface area contributed by atoms with Crippen LogP contribution in [0.3, 0.4) is 0 Å². The summed E-state index contributed by atoms with van der Waals surface area (Å²) in [6, 6.07) is 7.11. The van der Waals surface area contributed by atoms with Crippen molar-refractivity contribution < 1.29 is 19.8 Å². The van der Waals surface area contributed by atoms with Gasteiger partial charge in [0.05, 0.1) is 5.92 Å². The van der Waals surface area contributed by atoms with Gasteiger partial charge in [-0.05, 0) is 62.8 Å². The number of hydrogen-bond donors (Lipinski definition) is 2. The van der Waals surface area contributed by atoms with Crippen LogP contribution in [0, 0.1) is 17.8 Å². The first-order chi connectivity index (χ1) is 12.5. The number of aliphatic hydroxyl groups is 1. The van der Waals surface area contributed by atoms with Crippen LogP contribution in [-0.2, 0) is 4.79 Å². The number of rotatable bonds is 2. The monoisotopic (exact) mass is 355 g/mol. The summed E-state index contributed by atoms with van der Waals surface area (Å²) in [6.45, 7) is 0.953. The summed E-state index contributed by atoms with van der Waals surface area (Å²) in [7, 11) is 0. The van der Waals surface area contributed by atoms with E-state index in [1.807, 2.05) is 0 Å². The number of amides is 1. The molecule has 0 radical (unpaired) electrons. The molecule has 1 saturated carbocycles. The molecule has 1 aliphatic heterocycles. The van der Waals surface area contributed by atoms with E-state index in [-0.39, 0.29) is 11.8 Å². The Morgan fingerprint density at radius 1 is 1.04 bits per heavy atom. The van der Waals surface area contributed by atoms with Gasteiger partial charge in [-0.3, -0.25) is 9.59 Å². The molecule has 0 unspecified atom stereocenters. The Morgan fingerprint density at radius 2 is 1.65 bits per heavy atom. The van der Waals surface area contributed by atoms with Crippen LogP contribution in [0.2, 0.25) is 0 Å². The van der Waals surface area contributed by atoms with E-state index in [4.69, 9.17) is 5.11 Å². The van der Waals surface area contributed by atoms with Crippen LogP contribution in [0.4, 0.5) is 0 Å². The molecule has 1 amide bonds. The van der Waals surface area contributed by atoms with Gasteiger partial charge in [0.25, 0.3) is 5.91 Å². The molecule has 1 saturated heterocycles. The molecule has 0 aromatic heterocycles. The van der Waals surface area contributed by atoms with Crippen molar-refractivity contribution in [1.29, 1.82) is 0 Å². The van der Waals surface area contributed by atoms with Crippen molar-refractivity contribution in [3.8, 4) is 11.8 Å². The van der Waals surface area contributed by atoms with Gasteiger partial charge in [0.1, 0.15) is 5.60 Å². The summed E-state index contributed by atoms with van der Waals surface area (Å²) in [5.74, 6) is 4.83. The Hall–Kier alpha value is -2.32. The molecule has 138 valence electrons. The number of aliphatic carboxylic acids is 1. The number of carboxylic acid groups (broad SMARTS) is 1. The van der Waals surface area contributed by atoms with Crippen LogP contribution >= 0.6 is 0 Å². The Balaban J connectivity index is 1.61. The van der Waals surface area contributed by atoms with Crippen LogP contribution in [-0.4, -0.2) is 45.7 Å². The molecule has 5 nitrogen and oxygen atoms in total. The van der Waals surface area contributed by atoms with E-state index in [9.17, 15) is 14.7 Å². The summed E-state index contributed by atoms with van der Waals surface area (Å²) < 4.78 is 0. The largest absolute Gasteiger partial charge is 0.481 e. The van der Waals surface area contributed by atoms with Gasteiger partial charge in [0, 0.05) is 24.2 Å². The highest BCUT2D eigenvalue weighted by Crippen LogP contribution is 2.27. The van der Waals surface area contributed by atoms with Crippen LogP contribution < -0.4 is 0 Å². The first-order valence-corrected chi connectivity index (χ1v) is 9.35. The predicted molar refractivity (Wildman–Crippen MR) is 97.6 cm³/mol. The molecule has 2 fully saturated rings. The van der Waals surface area contributed by atoms with Crippen molar-refractivity contribution in [2.75, 3.05) is 13.1 Å². The number of hydrogen-bond acceptors (Lipinski definition) is 3. The second kappa shape index (κ2) is 7.92. The lowest BCUT2D eigenvalue weighted by molar-refractivity contribution is -0.143. The summed E-state index contributed by atoms with van der Waals surface area (Å²) in [6.07, 6.45) is 5.64. The number of benzene rings is 1. The quantitative estimate of drug-likeness (QED) is 0.800. The Morgan fingerprint density at radius 3 is 2.23 bits per heavy atom. The van der Waals surface area contributed by atoms with E-state index in [1.165, 1.54) is 0 Å². The molecule has 2 aliphatic rings. The number of carbonyl (C=O) groups is 2. The van der Waals surface area contributed by atoms with Crippen molar-refractivity contribution in [2.24, 2.45) is 5.92 Å². The highest BCUT2D eigenvalue weighted by Gasteiger charge is 2.28. The second-order valence-electron chi connectivity index (χ2n) is 7.32. The highest BCUT2D eigenvalue weighted by molar-refractivity contribution is 5.94. The molecule has 3 rings (SSSR count). The SMILES string of the molecule is O=C(O)C1CCN(C(=O)c2ccc(C#CC3(O)CCCCC3)cc2)CC1. The maximum atomic E-state index is 12.5. The molecule has 1 aromatic rings. The van der Waals surface area contributed by atoms with Crippen molar-refractivity contribution >= 4 is 11.9 Å². The second-order valence-corrected chi connectivity index (χ2v) is 7.32. The predicted octanol–water partition coefficient (Wildman–Crippen LogP) is 2.67. The molecule has 0 bridgehead atoms. The third kappa shape index (κ3) is 4.44. The maximum absolute atomic E-state index is 12.5. The van der Waals surface area contributed by atoms with Gasteiger partial charge in [0.2, 0.25) is 0 Å². The van der Waals surface area contributed by atoms with Gasteiger partial charge >= 0.3 is 5.97 Å². The first-order valence-electron chi connectivity index (χ1n) is 9.35. The van der Waals surface area contributed by atoms with E-state index in [1.54, 1.807) is 29.2 Å². The van der Waals surface area contributed by atoms with Gasteiger partial charge in [-0.2, -0.15) is 0 Å². The minimum absolute atomic E-state index is 0.0701. The Bertz CT molecular complexity index is 715. The smallest absolute Gasteiger partial charge is 0.306 e. The van der Waals surface area contributed by atoms with Gasteiger partial charge in [0.15, 0.2) is 0 Å². The average molecular weight is 355 g/mol. The zero-order chi connectivity index (χ0) is 18.6. The third-order valence-electron chi connectivity index (χ3n) is 5.38. The standard InChI is InChI=1S/C21H25NO4/c23-19(22-14-9-18(10-15-22)20(24)25)17-6-4-16(5-7-17)8-13-21(26)11-2-1-3-12-21/h4-7,18,26H,1-3,9-12,14-15H2,(H,24,25). The van der Waals surface area contributed by atoms with Gasteiger partial charge in [-0.1, -0.05) is 18.3 Å². The molecule has 5 heteroatoms. The van der Waals surface area contributed by atoms with E-state index in [2.05, 4.69) is 11.8 Å². The summed E-state index contributed by atoms with van der Waals surface area (Å²) in [4.78, 5) is 25.3. The topological polar surface area (TPSA) is 77.8 Å². The molecule has 26 heavy (non-hydrogen) atoms. The molecule has 1 aromatic carbocycles. The van der Waals surface area contributed by atoms with Gasteiger partial charge in [-0.15, -0.1) is 0 Å². The average Bonchev–Trinajstić information content (AvgIpc) is 2.67. The lowest BCUT2D eigenvalue weighted by atomic mass is 9.85. The maximum Gasteiger partial charge on any atom is 0.306 e. The fourth-order valence-electron chi connectivity index (χ4n) is 3.66. The lowest BCUT2D eigenvalue weighted by Gasteiger charge is -2.30.